The summed E-state index contributed by atoms with van der Waals surface area (Å²) >= 11 is 0. The number of ether oxygens (including phenoxy) is 1. The van der Waals surface area contributed by atoms with E-state index < -0.39 is 0 Å². The van der Waals surface area contributed by atoms with E-state index in [1.54, 1.807) is 23.1 Å². The van der Waals surface area contributed by atoms with Gasteiger partial charge in [0, 0.05) is 24.9 Å². The van der Waals surface area contributed by atoms with Crippen molar-refractivity contribution in [1.29, 1.82) is 5.26 Å². The zero-order chi connectivity index (χ0) is 16.8. The van der Waals surface area contributed by atoms with Crippen LogP contribution in [0.4, 0.5) is 5.69 Å². The maximum Gasteiger partial charge on any atom is 0.248 e. The van der Waals surface area contributed by atoms with E-state index in [1.165, 1.54) is 0 Å². The van der Waals surface area contributed by atoms with Crippen LogP contribution in [0.15, 0.2) is 66.2 Å². The average molecular weight is 319 g/mol. The van der Waals surface area contributed by atoms with Crippen LogP contribution in [-0.2, 0) is 4.79 Å². The van der Waals surface area contributed by atoms with E-state index in [2.05, 4.69) is 11.5 Å². The number of amides is 1. The van der Waals surface area contributed by atoms with E-state index >= 15 is 0 Å². The van der Waals surface area contributed by atoms with Crippen LogP contribution in [0.2, 0.25) is 0 Å². The van der Waals surface area contributed by atoms with Crippen molar-refractivity contribution >= 4 is 11.6 Å². The molecule has 5 nitrogen and oxygen atoms in total. The molecule has 2 aromatic rings. The van der Waals surface area contributed by atoms with E-state index in [0.29, 0.717) is 24.5 Å². The molecule has 5 heteroatoms. The molecule has 1 saturated heterocycles. The lowest BCUT2D eigenvalue weighted by Crippen LogP contribution is -2.12. The number of para-hydroxylation sites is 1. The van der Waals surface area contributed by atoms with Crippen LogP contribution in [0.25, 0.3) is 0 Å². The van der Waals surface area contributed by atoms with Crippen LogP contribution in [0.1, 0.15) is 6.42 Å². The quantitative estimate of drug-likeness (QED) is 0.691. The average Bonchev–Trinajstić information content (AvgIpc) is 3.05. The second-order valence-electron chi connectivity index (χ2n) is 5.50. The number of anilines is 1. The topological polar surface area (TPSA) is 65.4 Å². The predicted octanol–water partition coefficient (Wildman–Crippen LogP) is 3.53. The highest BCUT2D eigenvalue weighted by atomic mass is 16.5. The predicted molar refractivity (Wildman–Crippen MR) is 91.5 cm³/mol. The van der Waals surface area contributed by atoms with Gasteiger partial charge < -0.3 is 15.0 Å². The fourth-order valence-corrected chi connectivity index (χ4v) is 2.48. The number of rotatable bonds is 4. The van der Waals surface area contributed by atoms with Crippen molar-refractivity contribution in [1.82, 2.24) is 4.90 Å². The summed E-state index contributed by atoms with van der Waals surface area (Å²) in [6.45, 7) is 1.22. The molecular weight excluding hydrogens is 302 g/mol. The second-order valence-corrected chi connectivity index (χ2v) is 5.50. The fraction of sp³-hybridized carbons (Fsp3) is 0.158. The lowest BCUT2D eigenvalue weighted by molar-refractivity contribution is -0.112. The lowest BCUT2D eigenvalue weighted by atomic mass is 10.2. The molecule has 0 spiro atoms. The summed E-state index contributed by atoms with van der Waals surface area (Å²) in [5, 5.41) is 11.6. The smallest absolute Gasteiger partial charge is 0.248 e. The normalized spacial score (nSPS) is 15.1. The van der Waals surface area contributed by atoms with Crippen molar-refractivity contribution in [2.24, 2.45) is 0 Å². The first kappa shape index (κ1) is 15.6. The number of hydrogen-bond acceptors (Lipinski definition) is 4. The van der Waals surface area contributed by atoms with E-state index in [1.807, 2.05) is 42.5 Å². The summed E-state index contributed by atoms with van der Waals surface area (Å²) in [7, 11) is 0. The van der Waals surface area contributed by atoms with Crippen molar-refractivity contribution in [3.05, 3.63) is 66.2 Å². The summed E-state index contributed by atoms with van der Waals surface area (Å²) < 4.78 is 5.71. The van der Waals surface area contributed by atoms with Gasteiger partial charge in [0.25, 0.3) is 0 Å². The Morgan fingerprint density at radius 2 is 1.83 bits per heavy atom. The molecule has 0 radical (unpaired) electrons. The highest BCUT2D eigenvalue weighted by Crippen LogP contribution is 2.22. The zero-order valence-electron chi connectivity index (χ0n) is 13.1. The molecule has 1 N–H and O–H groups in total. The van der Waals surface area contributed by atoms with Gasteiger partial charge in [0.15, 0.2) is 6.19 Å². The van der Waals surface area contributed by atoms with Gasteiger partial charge >= 0.3 is 0 Å². The highest BCUT2D eigenvalue weighted by molar-refractivity contribution is 5.99. The first-order chi connectivity index (χ1) is 11.7. The molecule has 0 saturated carbocycles. The zero-order valence-corrected chi connectivity index (χ0v) is 13.1. The molecule has 24 heavy (non-hydrogen) atoms. The Bertz CT molecular complexity index is 777. The number of nitriles is 1. The van der Waals surface area contributed by atoms with Gasteiger partial charge in [-0.15, -0.1) is 0 Å². The summed E-state index contributed by atoms with van der Waals surface area (Å²) in [5.41, 5.74) is 1.67. The molecule has 0 aliphatic carbocycles. The number of carbonyl (C=O) groups excluding carboxylic acids is 1. The number of benzene rings is 2. The van der Waals surface area contributed by atoms with Crippen molar-refractivity contribution in [3.63, 3.8) is 0 Å². The summed E-state index contributed by atoms with van der Waals surface area (Å²) in [6, 6.07) is 16.7. The maximum atomic E-state index is 12.0. The third-order valence-corrected chi connectivity index (χ3v) is 3.67. The molecule has 0 atom stereocenters. The van der Waals surface area contributed by atoms with E-state index in [9.17, 15) is 4.79 Å². The first-order valence-corrected chi connectivity index (χ1v) is 7.71. The van der Waals surface area contributed by atoms with Gasteiger partial charge in [-0.25, -0.2) is 0 Å². The molecule has 1 amide bonds. The molecule has 1 heterocycles. The molecule has 3 rings (SSSR count). The van der Waals surface area contributed by atoms with E-state index in [-0.39, 0.29) is 5.91 Å². The fourth-order valence-electron chi connectivity index (χ4n) is 2.48. The minimum atomic E-state index is -0.179. The Balaban J connectivity index is 1.57. The SMILES string of the molecule is N#CN1CC/C(=C/C(=O)Nc2ccc(Oc3ccccc3)cc2)C1. The van der Waals surface area contributed by atoms with Gasteiger partial charge in [-0.1, -0.05) is 18.2 Å². The Labute approximate surface area is 140 Å². The monoisotopic (exact) mass is 319 g/mol. The number of nitrogens with one attached hydrogen (secondary N) is 1. The summed E-state index contributed by atoms with van der Waals surface area (Å²) in [5.74, 6) is 1.29. The minimum Gasteiger partial charge on any atom is -0.457 e. The lowest BCUT2D eigenvalue weighted by Gasteiger charge is -2.07. The van der Waals surface area contributed by atoms with E-state index in [0.717, 1.165) is 17.7 Å². The van der Waals surface area contributed by atoms with E-state index in [4.69, 9.17) is 10.00 Å². The Hall–Kier alpha value is -3.26. The molecular formula is C19H17N3O2. The highest BCUT2D eigenvalue weighted by Gasteiger charge is 2.15. The van der Waals surface area contributed by atoms with Crippen LogP contribution in [0.5, 0.6) is 11.5 Å². The molecule has 1 fully saturated rings. The van der Waals surface area contributed by atoms with Gasteiger partial charge in [0.05, 0.1) is 0 Å². The van der Waals surface area contributed by atoms with Gasteiger partial charge in [0.2, 0.25) is 5.91 Å². The third-order valence-electron chi connectivity index (χ3n) is 3.67. The maximum absolute atomic E-state index is 12.0. The molecule has 120 valence electrons. The van der Waals surface area contributed by atoms with Crippen molar-refractivity contribution in [2.75, 3.05) is 18.4 Å². The molecule has 1 aliphatic heterocycles. The number of likely N-dealkylation sites (tertiary alicyclic amines) is 1. The molecule has 0 aromatic heterocycles. The minimum absolute atomic E-state index is 0.179. The Kier molecular flexibility index (Phi) is 4.78. The largest absolute Gasteiger partial charge is 0.457 e. The van der Waals surface area contributed by atoms with Gasteiger partial charge in [0.1, 0.15) is 11.5 Å². The standard InChI is InChI=1S/C19H17N3O2/c20-14-22-11-10-15(13-22)12-19(23)21-16-6-8-18(9-7-16)24-17-4-2-1-3-5-17/h1-9,12H,10-11,13H2,(H,21,23)/b15-12-. The molecule has 1 aliphatic rings. The van der Waals surface area contributed by atoms with Crippen molar-refractivity contribution in [3.8, 4) is 17.7 Å². The van der Waals surface area contributed by atoms with Crippen LogP contribution >= 0.6 is 0 Å². The van der Waals surface area contributed by atoms with Crippen molar-refractivity contribution < 1.29 is 9.53 Å². The Morgan fingerprint density at radius 1 is 1.12 bits per heavy atom. The Morgan fingerprint density at radius 3 is 2.50 bits per heavy atom. The molecule has 2 aromatic carbocycles. The number of nitrogens with zero attached hydrogens (tertiary/aromatic N) is 2. The van der Waals surface area contributed by atoms with Crippen LogP contribution in [-0.4, -0.2) is 23.9 Å². The van der Waals surface area contributed by atoms with Gasteiger partial charge in [-0.2, -0.15) is 5.26 Å². The third kappa shape index (κ3) is 4.14. The summed E-state index contributed by atoms with van der Waals surface area (Å²) in [4.78, 5) is 13.7. The molecule has 0 unspecified atom stereocenters. The van der Waals surface area contributed by atoms with Crippen LogP contribution in [0.3, 0.4) is 0 Å². The number of hydrogen-bond donors (Lipinski definition) is 1. The van der Waals surface area contributed by atoms with Gasteiger partial charge in [-0.05, 0) is 48.4 Å². The van der Waals surface area contributed by atoms with Crippen LogP contribution in [0, 0.1) is 11.5 Å². The van der Waals surface area contributed by atoms with Gasteiger partial charge in [-0.3, -0.25) is 4.79 Å². The van der Waals surface area contributed by atoms with Crippen LogP contribution < -0.4 is 10.1 Å². The second kappa shape index (κ2) is 7.34. The molecule has 0 bridgehead atoms. The summed E-state index contributed by atoms with van der Waals surface area (Å²) in [6.07, 6.45) is 4.42. The first-order valence-electron chi connectivity index (χ1n) is 7.71. The number of carbonyl (C=O) groups is 1. The van der Waals surface area contributed by atoms with Crippen molar-refractivity contribution in [2.45, 2.75) is 6.42 Å².